The Labute approximate surface area is 157 Å². The van der Waals surface area contributed by atoms with Crippen molar-refractivity contribution in [2.75, 3.05) is 7.11 Å². The number of allylic oxidation sites excluding steroid dienone is 2. The second-order valence-corrected chi connectivity index (χ2v) is 5.92. The number of aromatic hydroxyl groups is 2. The van der Waals surface area contributed by atoms with Gasteiger partial charge in [-0.25, -0.2) is 0 Å². The summed E-state index contributed by atoms with van der Waals surface area (Å²) < 4.78 is 5.01. The summed E-state index contributed by atoms with van der Waals surface area (Å²) in [5, 5.41) is 38.1. The highest BCUT2D eigenvalue weighted by molar-refractivity contribution is 5.90. The summed E-state index contributed by atoms with van der Waals surface area (Å²) in [6, 6.07) is 9.53. The molecule has 0 saturated heterocycles. The van der Waals surface area contributed by atoms with Gasteiger partial charge in [-0.1, -0.05) is 18.2 Å². The lowest BCUT2D eigenvalue weighted by molar-refractivity contribution is -0.114. The molecule has 0 aromatic heterocycles. The predicted octanol–water partition coefficient (Wildman–Crippen LogP) is 3.26. The maximum absolute atomic E-state index is 12.0. The minimum atomic E-state index is -0.277. The van der Waals surface area contributed by atoms with Crippen molar-refractivity contribution < 1.29 is 30.0 Å². The molecule has 2 aromatic rings. The van der Waals surface area contributed by atoms with Crippen LogP contribution in [0.5, 0.6) is 17.2 Å². The van der Waals surface area contributed by atoms with Gasteiger partial charge in [0.1, 0.15) is 11.5 Å². The predicted molar refractivity (Wildman–Crippen MR) is 102 cm³/mol. The summed E-state index contributed by atoms with van der Waals surface area (Å²) in [6.45, 7) is -0.277. The van der Waals surface area contributed by atoms with Crippen molar-refractivity contribution in [2.45, 2.75) is 19.4 Å². The lowest BCUT2D eigenvalue weighted by Crippen LogP contribution is -1.98. The summed E-state index contributed by atoms with van der Waals surface area (Å²) in [4.78, 5) is 12.0. The fourth-order valence-corrected chi connectivity index (χ4v) is 2.45. The van der Waals surface area contributed by atoms with Crippen LogP contribution in [0.4, 0.5) is 0 Å². The number of ether oxygens (including phenoxy) is 1. The third-order valence-electron chi connectivity index (χ3n) is 3.93. The van der Waals surface area contributed by atoms with Crippen LogP contribution in [0, 0.1) is 0 Å². The summed E-state index contributed by atoms with van der Waals surface area (Å²) in [5.41, 5.74) is 1.91. The van der Waals surface area contributed by atoms with Crippen molar-refractivity contribution >= 4 is 11.9 Å². The van der Waals surface area contributed by atoms with Crippen LogP contribution in [0.15, 0.2) is 54.3 Å². The molecular weight excluding hydrogens is 348 g/mol. The van der Waals surface area contributed by atoms with E-state index < -0.39 is 0 Å². The molecule has 0 unspecified atom stereocenters. The number of carbonyl (C=O) groups excluding carboxylic acids is 1. The normalized spacial score (nSPS) is 11.7. The van der Waals surface area contributed by atoms with E-state index in [4.69, 9.17) is 9.84 Å². The first-order valence-corrected chi connectivity index (χ1v) is 8.33. The number of phenols is 2. The van der Waals surface area contributed by atoms with Crippen molar-refractivity contribution in [3.63, 3.8) is 0 Å². The number of carbonyl (C=O) groups is 1. The van der Waals surface area contributed by atoms with E-state index in [0.29, 0.717) is 23.3 Å². The van der Waals surface area contributed by atoms with E-state index in [0.717, 1.165) is 11.6 Å². The molecule has 0 radical (unpaired) electrons. The van der Waals surface area contributed by atoms with E-state index in [1.165, 1.54) is 25.3 Å². The molecule has 0 saturated carbocycles. The third-order valence-corrected chi connectivity index (χ3v) is 3.93. The van der Waals surface area contributed by atoms with Crippen molar-refractivity contribution in [1.29, 1.82) is 0 Å². The Morgan fingerprint density at radius 2 is 1.85 bits per heavy atom. The molecule has 2 rings (SSSR count). The topological polar surface area (TPSA) is 107 Å². The molecule has 2 aromatic carbocycles. The van der Waals surface area contributed by atoms with Crippen LogP contribution in [-0.2, 0) is 17.8 Å². The highest BCUT2D eigenvalue weighted by atomic mass is 16.5. The number of aliphatic hydroxyl groups is 2. The summed E-state index contributed by atoms with van der Waals surface area (Å²) in [5.74, 6) is -0.0926. The Bertz CT molecular complexity index is 867. The third kappa shape index (κ3) is 5.90. The molecule has 6 heteroatoms. The number of benzene rings is 2. The van der Waals surface area contributed by atoms with Gasteiger partial charge in [0.2, 0.25) is 0 Å². The molecule has 27 heavy (non-hydrogen) atoms. The van der Waals surface area contributed by atoms with Crippen LogP contribution in [0.25, 0.3) is 6.08 Å². The number of rotatable bonds is 8. The maximum atomic E-state index is 12.0. The average Bonchev–Trinajstić information content (AvgIpc) is 2.66. The Hall–Kier alpha value is -3.25. The summed E-state index contributed by atoms with van der Waals surface area (Å²) in [6.07, 6.45) is 4.72. The van der Waals surface area contributed by atoms with E-state index in [-0.39, 0.29) is 36.1 Å². The van der Waals surface area contributed by atoms with Crippen LogP contribution < -0.4 is 4.74 Å². The van der Waals surface area contributed by atoms with Crippen LogP contribution in [0.1, 0.15) is 23.1 Å². The van der Waals surface area contributed by atoms with Gasteiger partial charge in [0.15, 0.2) is 17.3 Å². The number of hydrogen-bond acceptors (Lipinski definition) is 6. The van der Waals surface area contributed by atoms with Crippen molar-refractivity contribution in [3.05, 3.63) is 71.0 Å². The smallest absolute Gasteiger partial charge is 0.161 e. The zero-order valence-corrected chi connectivity index (χ0v) is 14.9. The first-order chi connectivity index (χ1) is 12.9. The van der Waals surface area contributed by atoms with E-state index in [9.17, 15) is 20.1 Å². The van der Waals surface area contributed by atoms with E-state index in [2.05, 4.69) is 0 Å². The van der Waals surface area contributed by atoms with Crippen molar-refractivity contribution in [1.82, 2.24) is 0 Å². The summed E-state index contributed by atoms with van der Waals surface area (Å²) >= 11 is 0. The SMILES string of the molecule is COc1cc(/C=C/C(O)=CC(=O)CCc2ccc(O)c(CO)c2)ccc1O. The average molecular weight is 370 g/mol. The molecule has 0 aliphatic heterocycles. The molecule has 4 N–H and O–H groups in total. The zero-order chi connectivity index (χ0) is 19.8. The summed E-state index contributed by atoms with van der Waals surface area (Å²) in [7, 11) is 1.44. The molecular formula is C21H22O6. The molecule has 142 valence electrons. The van der Waals surface area contributed by atoms with Crippen LogP contribution in [0.2, 0.25) is 0 Å². The number of phenolic OH excluding ortho intramolecular Hbond substituents is 1. The minimum absolute atomic E-state index is 0.0149. The molecule has 0 fully saturated rings. The Balaban J connectivity index is 1.96. The fraction of sp³-hybridized carbons (Fsp3) is 0.190. The standard InChI is InChI=1S/C21H22O6/c1-27-21-11-15(5-9-20(21)26)3-7-18(24)12-17(23)6-2-14-4-8-19(25)16(10-14)13-22/h3-5,7-12,22,24-26H,2,6,13H2,1H3/b7-3+,18-12?. The zero-order valence-electron chi connectivity index (χ0n) is 14.9. The molecule has 0 spiro atoms. The van der Waals surface area contributed by atoms with Gasteiger partial charge in [-0.15, -0.1) is 0 Å². The Kier molecular flexibility index (Phi) is 7.02. The van der Waals surface area contributed by atoms with Gasteiger partial charge in [0.05, 0.1) is 13.7 Å². The van der Waals surface area contributed by atoms with Gasteiger partial charge < -0.3 is 25.2 Å². The lowest BCUT2D eigenvalue weighted by Gasteiger charge is -2.05. The van der Waals surface area contributed by atoms with Crippen LogP contribution in [0.3, 0.4) is 0 Å². The van der Waals surface area contributed by atoms with E-state index >= 15 is 0 Å². The van der Waals surface area contributed by atoms with Crippen molar-refractivity contribution in [3.8, 4) is 17.2 Å². The number of aryl methyl sites for hydroxylation is 1. The van der Waals surface area contributed by atoms with Crippen LogP contribution >= 0.6 is 0 Å². The molecule has 0 bridgehead atoms. The number of hydrogen-bond donors (Lipinski definition) is 4. The maximum Gasteiger partial charge on any atom is 0.161 e. The van der Waals surface area contributed by atoms with E-state index in [1.54, 1.807) is 30.3 Å². The molecule has 0 amide bonds. The van der Waals surface area contributed by atoms with Crippen molar-refractivity contribution in [2.24, 2.45) is 0 Å². The Morgan fingerprint density at radius 1 is 1.11 bits per heavy atom. The first-order valence-electron chi connectivity index (χ1n) is 8.33. The monoisotopic (exact) mass is 370 g/mol. The highest BCUT2D eigenvalue weighted by Crippen LogP contribution is 2.26. The lowest BCUT2D eigenvalue weighted by atomic mass is 10.0. The van der Waals surface area contributed by atoms with Gasteiger partial charge in [-0.3, -0.25) is 4.79 Å². The molecule has 0 heterocycles. The number of ketones is 1. The molecule has 0 aliphatic rings. The Morgan fingerprint density at radius 3 is 2.56 bits per heavy atom. The van der Waals surface area contributed by atoms with Gasteiger partial charge >= 0.3 is 0 Å². The molecule has 0 atom stereocenters. The number of aliphatic hydroxyl groups excluding tert-OH is 2. The molecule has 0 aliphatic carbocycles. The highest BCUT2D eigenvalue weighted by Gasteiger charge is 2.05. The number of methoxy groups -OCH3 is 1. The minimum Gasteiger partial charge on any atom is -0.508 e. The molecule has 6 nitrogen and oxygen atoms in total. The van der Waals surface area contributed by atoms with E-state index in [1.807, 2.05) is 0 Å². The second kappa shape index (κ2) is 9.45. The van der Waals surface area contributed by atoms with Gasteiger partial charge in [0, 0.05) is 18.1 Å². The second-order valence-electron chi connectivity index (χ2n) is 5.92. The first kappa shape index (κ1) is 20.1. The quantitative estimate of drug-likeness (QED) is 0.323. The van der Waals surface area contributed by atoms with Gasteiger partial charge in [-0.05, 0) is 47.9 Å². The van der Waals surface area contributed by atoms with Crippen LogP contribution in [-0.4, -0.2) is 33.3 Å². The van der Waals surface area contributed by atoms with Gasteiger partial charge in [-0.2, -0.15) is 0 Å². The fourth-order valence-electron chi connectivity index (χ4n) is 2.45. The van der Waals surface area contributed by atoms with Gasteiger partial charge in [0.25, 0.3) is 0 Å². The largest absolute Gasteiger partial charge is 0.508 e.